The maximum atomic E-state index is 13.2. The van der Waals surface area contributed by atoms with Crippen molar-refractivity contribution in [1.82, 2.24) is 9.78 Å². The number of anilines is 1. The molecule has 0 unspecified atom stereocenters. The van der Waals surface area contributed by atoms with Crippen LogP contribution in [0.2, 0.25) is 0 Å². The molecule has 1 amide bonds. The number of carbonyl (C=O) groups is 2. The number of aromatic nitrogens is 2. The largest absolute Gasteiger partial charge is 0.423 e. The minimum Gasteiger partial charge on any atom is -0.423 e. The molecule has 4 rings (SSSR count). The van der Waals surface area contributed by atoms with Gasteiger partial charge in [-0.3, -0.25) is 4.79 Å². The van der Waals surface area contributed by atoms with Crippen molar-refractivity contribution >= 4 is 17.6 Å². The fraction of sp³-hybridized carbons (Fsp3) is 0.227. The molecule has 0 aliphatic carbocycles. The number of ether oxygens (including phenoxy) is 1. The van der Waals surface area contributed by atoms with Gasteiger partial charge in [-0.05, 0) is 68.8 Å². The molecular weight excluding hydrogens is 373 g/mol. The van der Waals surface area contributed by atoms with E-state index in [1.807, 2.05) is 0 Å². The minimum atomic E-state index is -0.515. The molecule has 1 fully saturated rings. The van der Waals surface area contributed by atoms with Crippen molar-refractivity contribution in [3.63, 3.8) is 0 Å². The molecule has 2 heterocycles. The summed E-state index contributed by atoms with van der Waals surface area (Å²) in [6.07, 6.45) is 1.42. The fourth-order valence-corrected chi connectivity index (χ4v) is 3.55. The van der Waals surface area contributed by atoms with Crippen LogP contribution < -0.4 is 9.64 Å². The van der Waals surface area contributed by atoms with E-state index in [2.05, 4.69) is 5.10 Å². The summed E-state index contributed by atoms with van der Waals surface area (Å²) in [7, 11) is 0. The molecule has 29 heavy (non-hydrogen) atoms. The molecule has 1 aliphatic heterocycles. The Morgan fingerprint density at radius 1 is 1.03 bits per heavy atom. The second kappa shape index (κ2) is 7.50. The first-order valence-electron chi connectivity index (χ1n) is 9.39. The van der Waals surface area contributed by atoms with Crippen LogP contribution in [0.25, 0.3) is 5.69 Å². The normalized spacial score (nSPS) is 13.8. The van der Waals surface area contributed by atoms with Crippen molar-refractivity contribution in [1.29, 1.82) is 0 Å². The zero-order valence-corrected chi connectivity index (χ0v) is 16.2. The molecule has 0 saturated carbocycles. The number of aryl methyl sites for hydroxylation is 1. The summed E-state index contributed by atoms with van der Waals surface area (Å²) >= 11 is 0. The number of carbonyl (C=O) groups excluding carboxylic acids is 2. The van der Waals surface area contributed by atoms with Gasteiger partial charge in [0.15, 0.2) is 0 Å². The maximum Gasteiger partial charge on any atom is 0.347 e. The Hall–Kier alpha value is -3.48. The Morgan fingerprint density at radius 2 is 1.69 bits per heavy atom. The van der Waals surface area contributed by atoms with Crippen LogP contribution in [0.4, 0.5) is 10.1 Å². The molecule has 0 atom stereocenters. The summed E-state index contributed by atoms with van der Waals surface area (Å²) in [6.45, 7) is 4.20. The van der Waals surface area contributed by atoms with Gasteiger partial charge in [-0.1, -0.05) is 0 Å². The molecule has 2 aromatic carbocycles. The molecule has 6 nitrogen and oxygen atoms in total. The summed E-state index contributed by atoms with van der Waals surface area (Å²) in [6, 6.07) is 12.8. The van der Waals surface area contributed by atoms with E-state index >= 15 is 0 Å². The second-order valence-corrected chi connectivity index (χ2v) is 6.97. The lowest BCUT2D eigenvalue weighted by molar-refractivity contribution is -0.117. The van der Waals surface area contributed by atoms with Crippen LogP contribution in [0.5, 0.6) is 5.75 Å². The van der Waals surface area contributed by atoms with Gasteiger partial charge in [0.1, 0.15) is 17.1 Å². The van der Waals surface area contributed by atoms with Gasteiger partial charge in [0.2, 0.25) is 5.91 Å². The van der Waals surface area contributed by atoms with Crippen molar-refractivity contribution in [3.8, 4) is 11.4 Å². The van der Waals surface area contributed by atoms with Crippen LogP contribution in [-0.4, -0.2) is 28.2 Å². The number of halogens is 1. The zero-order valence-electron chi connectivity index (χ0n) is 16.2. The highest BCUT2D eigenvalue weighted by atomic mass is 19.1. The molecule has 3 aromatic rings. The number of nitrogens with zero attached hydrogens (tertiary/aromatic N) is 3. The van der Waals surface area contributed by atoms with Crippen molar-refractivity contribution in [2.24, 2.45) is 0 Å². The van der Waals surface area contributed by atoms with Gasteiger partial charge in [0, 0.05) is 18.7 Å². The van der Waals surface area contributed by atoms with Gasteiger partial charge >= 0.3 is 5.97 Å². The van der Waals surface area contributed by atoms with Crippen LogP contribution in [0.3, 0.4) is 0 Å². The van der Waals surface area contributed by atoms with E-state index in [1.165, 1.54) is 12.1 Å². The van der Waals surface area contributed by atoms with Crippen molar-refractivity contribution in [2.75, 3.05) is 11.4 Å². The van der Waals surface area contributed by atoms with E-state index < -0.39 is 5.97 Å². The Morgan fingerprint density at radius 3 is 2.31 bits per heavy atom. The highest BCUT2D eigenvalue weighted by Gasteiger charge is 2.23. The third-order valence-electron chi connectivity index (χ3n) is 5.00. The Balaban J connectivity index is 1.54. The number of esters is 1. The number of amides is 1. The first-order chi connectivity index (χ1) is 13.9. The summed E-state index contributed by atoms with van der Waals surface area (Å²) in [5, 5.41) is 4.40. The average Bonchev–Trinajstić information content (AvgIpc) is 3.26. The number of hydrogen-bond donors (Lipinski definition) is 0. The smallest absolute Gasteiger partial charge is 0.347 e. The van der Waals surface area contributed by atoms with E-state index in [9.17, 15) is 14.0 Å². The molecule has 0 radical (unpaired) electrons. The van der Waals surface area contributed by atoms with Gasteiger partial charge in [-0.15, -0.1) is 0 Å². The molecular formula is C22H20FN3O3. The first-order valence-corrected chi connectivity index (χ1v) is 9.39. The van der Waals surface area contributed by atoms with Gasteiger partial charge < -0.3 is 9.64 Å². The molecule has 148 valence electrons. The lowest BCUT2D eigenvalue weighted by Crippen LogP contribution is -2.23. The predicted octanol–water partition coefficient (Wildman–Crippen LogP) is 3.97. The van der Waals surface area contributed by atoms with Gasteiger partial charge in [-0.25, -0.2) is 13.9 Å². The van der Waals surface area contributed by atoms with Gasteiger partial charge in [0.05, 0.1) is 17.1 Å². The van der Waals surface area contributed by atoms with E-state index in [4.69, 9.17) is 4.74 Å². The highest BCUT2D eigenvalue weighted by Crippen LogP contribution is 2.25. The molecule has 0 bridgehead atoms. The predicted molar refractivity (Wildman–Crippen MR) is 106 cm³/mol. The summed E-state index contributed by atoms with van der Waals surface area (Å²) in [5.74, 6) is -0.361. The molecule has 1 saturated heterocycles. The molecule has 7 heteroatoms. The number of rotatable bonds is 4. The fourth-order valence-electron chi connectivity index (χ4n) is 3.55. The van der Waals surface area contributed by atoms with Gasteiger partial charge in [0.25, 0.3) is 0 Å². The molecule has 0 N–H and O–H groups in total. The lowest BCUT2D eigenvalue weighted by Gasteiger charge is -2.15. The highest BCUT2D eigenvalue weighted by molar-refractivity contribution is 5.96. The third-order valence-corrected chi connectivity index (χ3v) is 5.00. The summed E-state index contributed by atoms with van der Waals surface area (Å²) in [5.41, 5.74) is 2.96. The lowest BCUT2D eigenvalue weighted by atomic mass is 10.2. The maximum absolute atomic E-state index is 13.2. The Kier molecular flexibility index (Phi) is 4.88. The third kappa shape index (κ3) is 3.63. The Labute approximate surface area is 167 Å². The SMILES string of the molecule is Cc1nn(-c2ccc(F)cc2)c(C)c1C(=O)Oc1ccc(N2CCCC2=O)cc1. The second-order valence-electron chi connectivity index (χ2n) is 6.97. The van der Waals surface area contributed by atoms with Crippen molar-refractivity contribution in [3.05, 3.63) is 71.3 Å². The van der Waals surface area contributed by atoms with Crippen LogP contribution >= 0.6 is 0 Å². The summed E-state index contributed by atoms with van der Waals surface area (Å²) < 4.78 is 20.3. The topological polar surface area (TPSA) is 64.4 Å². The zero-order chi connectivity index (χ0) is 20.5. The van der Waals surface area contributed by atoms with E-state index in [0.717, 1.165) is 12.1 Å². The number of hydrogen-bond acceptors (Lipinski definition) is 4. The standard InChI is InChI=1S/C22H20FN3O3/c1-14-21(15(2)26(24-14)18-7-5-16(23)6-8-18)22(28)29-19-11-9-17(10-12-19)25-13-3-4-20(25)27/h5-12H,3-4,13H2,1-2H3. The quantitative estimate of drug-likeness (QED) is 0.497. The van der Waals surface area contributed by atoms with Crippen LogP contribution in [0.15, 0.2) is 48.5 Å². The minimum absolute atomic E-state index is 0.106. The van der Waals surface area contributed by atoms with Crippen LogP contribution in [0, 0.1) is 19.7 Å². The Bertz CT molecular complexity index is 1070. The first kappa shape index (κ1) is 18.9. The van der Waals surface area contributed by atoms with E-state index in [1.54, 1.807) is 59.8 Å². The van der Waals surface area contributed by atoms with Gasteiger partial charge in [-0.2, -0.15) is 5.10 Å². The van der Waals surface area contributed by atoms with Crippen LogP contribution in [0.1, 0.15) is 34.6 Å². The van der Waals surface area contributed by atoms with E-state index in [0.29, 0.717) is 41.4 Å². The van der Waals surface area contributed by atoms with E-state index in [-0.39, 0.29) is 11.7 Å². The average molecular weight is 393 g/mol. The summed E-state index contributed by atoms with van der Waals surface area (Å²) in [4.78, 5) is 26.3. The molecule has 0 spiro atoms. The monoisotopic (exact) mass is 393 g/mol. The number of benzene rings is 2. The molecule has 1 aliphatic rings. The van der Waals surface area contributed by atoms with Crippen molar-refractivity contribution < 1.29 is 18.7 Å². The van der Waals surface area contributed by atoms with Crippen LogP contribution in [-0.2, 0) is 4.79 Å². The van der Waals surface area contributed by atoms with Crippen molar-refractivity contribution in [2.45, 2.75) is 26.7 Å². The molecule has 1 aromatic heterocycles.